The maximum absolute atomic E-state index is 14.6. The molecule has 0 bridgehead atoms. The average molecular weight is 564 g/mol. The van der Waals surface area contributed by atoms with Crippen LogP contribution < -0.4 is 26.3 Å². The number of hydrogen-bond acceptors (Lipinski definition) is 8. The third kappa shape index (κ3) is 7.42. The van der Waals surface area contributed by atoms with E-state index in [4.69, 9.17) is 20.9 Å². The van der Waals surface area contributed by atoms with Crippen LogP contribution in [-0.4, -0.2) is 46.9 Å². The van der Waals surface area contributed by atoms with E-state index >= 15 is 0 Å². The summed E-state index contributed by atoms with van der Waals surface area (Å²) in [5.74, 6) is -0.408. The van der Waals surface area contributed by atoms with Crippen LogP contribution >= 0.6 is 0 Å². The molecule has 11 heteroatoms. The van der Waals surface area contributed by atoms with Crippen molar-refractivity contribution in [1.29, 1.82) is 5.26 Å². The molecule has 216 valence electrons. The number of carbonyl (C=O) groups is 1. The normalized spacial score (nSPS) is 13.6. The van der Waals surface area contributed by atoms with E-state index in [1.54, 1.807) is 23.7 Å². The first-order valence-electron chi connectivity index (χ1n) is 13.7. The Hall–Kier alpha value is -4.40. The lowest BCUT2D eigenvalue weighted by Gasteiger charge is -2.32. The molecule has 0 aliphatic carbocycles. The number of hydrogen-bond donors (Lipinski definition) is 5. The molecule has 1 aliphatic rings. The minimum atomic E-state index is -0.700. The molecule has 10 nitrogen and oxygen atoms in total. The van der Waals surface area contributed by atoms with Crippen molar-refractivity contribution < 1.29 is 24.2 Å². The van der Waals surface area contributed by atoms with Gasteiger partial charge >= 0.3 is 0 Å². The Kier molecular flexibility index (Phi) is 9.95. The van der Waals surface area contributed by atoms with Crippen LogP contribution in [0.4, 0.5) is 10.2 Å². The van der Waals surface area contributed by atoms with Crippen molar-refractivity contribution in [2.75, 3.05) is 24.6 Å². The highest BCUT2D eigenvalue weighted by Gasteiger charge is 2.22. The monoisotopic (exact) mass is 563 g/mol. The number of aromatic nitrogens is 1. The SMILES string of the molecule is N#Cc1ccc(-c2[nH]c(N3CCC(N)CC3)cc(=O)c2-c2ccc(OCCCCCCC(=O)NO)c(O)c2)cc1F. The average Bonchev–Trinajstić information content (AvgIpc) is 2.97. The van der Waals surface area contributed by atoms with Gasteiger partial charge in [0.1, 0.15) is 17.7 Å². The number of phenols is 1. The van der Waals surface area contributed by atoms with Crippen molar-refractivity contribution in [3.05, 3.63) is 64.1 Å². The standard InChI is InChI=1S/C30H34FN5O5/c31-23-15-20(6-7-21(23)18-32)30-29(25(38)17-27(34-30)36-12-10-22(33)11-13-36)19-8-9-26(24(37)16-19)41-14-4-2-1-3-5-28(39)35-40/h6-9,15-17,22,37,40H,1-5,10-14,33H2,(H,34,38)(H,35,39). The predicted octanol–water partition coefficient (Wildman–Crippen LogP) is 4.19. The highest BCUT2D eigenvalue weighted by molar-refractivity contribution is 5.83. The van der Waals surface area contributed by atoms with E-state index in [9.17, 15) is 19.1 Å². The van der Waals surface area contributed by atoms with E-state index < -0.39 is 11.7 Å². The fourth-order valence-electron chi connectivity index (χ4n) is 4.90. The Labute approximate surface area is 237 Å². The Morgan fingerprint density at radius 1 is 1.12 bits per heavy atom. The number of carbonyl (C=O) groups excluding carboxylic acids is 1. The van der Waals surface area contributed by atoms with Crippen molar-refractivity contribution in [3.8, 4) is 40.0 Å². The van der Waals surface area contributed by atoms with Gasteiger partial charge in [0.2, 0.25) is 5.91 Å². The minimum Gasteiger partial charge on any atom is -0.504 e. The number of H-pyrrole nitrogens is 1. The molecule has 1 fully saturated rings. The summed E-state index contributed by atoms with van der Waals surface area (Å²) < 4.78 is 20.3. The number of nitrogens with zero attached hydrogens (tertiary/aromatic N) is 2. The number of aromatic hydroxyl groups is 1. The molecule has 2 heterocycles. The van der Waals surface area contributed by atoms with Crippen molar-refractivity contribution in [2.45, 2.75) is 51.0 Å². The van der Waals surface area contributed by atoms with Crippen LogP contribution in [0.25, 0.3) is 22.4 Å². The van der Waals surface area contributed by atoms with Crippen LogP contribution in [0.2, 0.25) is 0 Å². The second-order valence-electron chi connectivity index (χ2n) is 10.1. The van der Waals surface area contributed by atoms with Gasteiger partial charge in [0.15, 0.2) is 16.9 Å². The van der Waals surface area contributed by atoms with Crippen molar-refractivity contribution in [1.82, 2.24) is 10.5 Å². The van der Waals surface area contributed by atoms with Crippen LogP contribution in [0, 0.1) is 17.1 Å². The number of pyridine rings is 1. The number of nitriles is 1. The maximum atomic E-state index is 14.6. The van der Waals surface area contributed by atoms with E-state index in [1.807, 2.05) is 11.0 Å². The largest absolute Gasteiger partial charge is 0.504 e. The smallest absolute Gasteiger partial charge is 0.243 e. The molecule has 6 N–H and O–H groups in total. The van der Waals surface area contributed by atoms with Crippen LogP contribution in [0.1, 0.15) is 50.5 Å². The molecule has 0 atom stereocenters. The van der Waals surface area contributed by atoms with E-state index in [0.29, 0.717) is 55.2 Å². The first-order valence-corrected chi connectivity index (χ1v) is 13.7. The Morgan fingerprint density at radius 3 is 2.54 bits per heavy atom. The number of rotatable bonds is 11. The zero-order valence-corrected chi connectivity index (χ0v) is 22.7. The topological polar surface area (TPSA) is 165 Å². The number of nitrogens with two attached hydrogens (primary N) is 1. The molecule has 0 spiro atoms. The van der Waals surface area contributed by atoms with E-state index in [1.165, 1.54) is 24.3 Å². The Morgan fingerprint density at radius 2 is 1.85 bits per heavy atom. The number of benzene rings is 2. The molecule has 0 unspecified atom stereocenters. The molecular weight excluding hydrogens is 529 g/mol. The summed E-state index contributed by atoms with van der Waals surface area (Å²) >= 11 is 0. The van der Waals surface area contributed by atoms with Gasteiger partial charge in [0, 0.05) is 37.2 Å². The molecule has 1 aromatic heterocycles. The third-order valence-electron chi connectivity index (χ3n) is 7.20. The number of hydroxylamine groups is 1. The third-order valence-corrected chi connectivity index (χ3v) is 7.20. The molecule has 0 radical (unpaired) electrons. The molecule has 2 aromatic carbocycles. The molecule has 1 saturated heterocycles. The predicted molar refractivity (Wildman–Crippen MR) is 152 cm³/mol. The van der Waals surface area contributed by atoms with Crippen molar-refractivity contribution in [2.24, 2.45) is 5.73 Å². The number of nitrogens with one attached hydrogen (secondary N) is 2. The molecule has 1 aliphatic heterocycles. The fourth-order valence-corrected chi connectivity index (χ4v) is 4.90. The lowest BCUT2D eigenvalue weighted by Crippen LogP contribution is -2.40. The summed E-state index contributed by atoms with van der Waals surface area (Å²) in [7, 11) is 0. The van der Waals surface area contributed by atoms with Gasteiger partial charge in [-0.2, -0.15) is 5.26 Å². The number of amides is 1. The summed E-state index contributed by atoms with van der Waals surface area (Å²) in [4.78, 5) is 29.9. The van der Waals surface area contributed by atoms with Gasteiger partial charge in [-0.05, 0) is 55.5 Å². The fraction of sp³-hybridized carbons (Fsp3) is 0.367. The summed E-state index contributed by atoms with van der Waals surface area (Å²) in [6, 6.07) is 12.3. The number of unbranched alkanes of at least 4 members (excludes halogenated alkanes) is 3. The quantitative estimate of drug-likeness (QED) is 0.132. The van der Waals surface area contributed by atoms with Crippen LogP contribution in [0.15, 0.2) is 47.3 Å². The highest BCUT2D eigenvalue weighted by Crippen LogP contribution is 2.36. The molecule has 1 amide bonds. The Balaban J connectivity index is 1.57. The van der Waals surface area contributed by atoms with Gasteiger partial charge in [-0.15, -0.1) is 0 Å². The number of ether oxygens (including phenoxy) is 1. The molecule has 0 saturated carbocycles. The van der Waals surface area contributed by atoms with Gasteiger partial charge in [0.25, 0.3) is 0 Å². The van der Waals surface area contributed by atoms with Crippen LogP contribution in [-0.2, 0) is 4.79 Å². The van der Waals surface area contributed by atoms with Gasteiger partial charge in [-0.3, -0.25) is 14.8 Å². The van der Waals surface area contributed by atoms with Crippen molar-refractivity contribution >= 4 is 11.7 Å². The number of phenolic OH excluding ortho intramolecular Hbond substituents is 1. The lowest BCUT2D eigenvalue weighted by molar-refractivity contribution is -0.129. The first kappa shape index (κ1) is 29.6. The number of halogens is 1. The summed E-state index contributed by atoms with van der Waals surface area (Å²) in [6.07, 6.45) is 4.77. The molecular formula is C30H34FN5O5. The zero-order chi connectivity index (χ0) is 29.4. The van der Waals surface area contributed by atoms with Gasteiger partial charge < -0.3 is 25.5 Å². The first-order chi connectivity index (χ1) is 19.8. The van der Waals surface area contributed by atoms with Crippen LogP contribution in [0.3, 0.4) is 0 Å². The number of piperidine rings is 1. The van der Waals surface area contributed by atoms with E-state index in [-0.39, 0.29) is 40.5 Å². The van der Waals surface area contributed by atoms with E-state index in [0.717, 1.165) is 25.7 Å². The molecule has 3 aromatic rings. The summed E-state index contributed by atoms with van der Waals surface area (Å²) in [5, 5.41) is 28.4. The Bertz CT molecular complexity index is 1480. The molecule has 41 heavy (non-hydrogen) atoms. The number of aromatic amines is 1. The highest BCUT2D eigenvalue weighted by atomic mass is 19.1. The lowest BCUT2D eigenvalue weighted by atomic mass is 9.97. The second-order valence-corrected chi connectivity index (χ2v) is 10.1. The molecule has 4 rings (SSSR count). The second kappa shape index (κ2) is 13.8. The van der Waals surface area contributed by atoms with Crippen molar-refractivity contribution in [3.63, 3.8) is 0 Å². The summed E-state index contributed by atoms with van der Waals surface area (Å²) in [6.45, 7) is 1.69. The van der Waals surface area contributed by atoms with Gasteiger partial charge in [-0.1, -0.05) is 25.0 Å². The number of anilines is 1. The van der Waals surface area contributed by atoms with Gasteiger partial charge in [-0.25, -0.2) is 9.87 Å². The maximum Gasteiger partial charge on any atom is 0.243 e. The van der Waals surface area contributed by atoms with E-state index in [2.05, 4.69) is 4.98 Å². The van der Waals surface area contributed by atoms with Crippen LogP contribution in [0.5, 0.6) is 11.5 Å². The minimum absolute atomic E-state index is 0.103. The zero-order valence-electron chi connectivity index (χ0n) is 22.7. The summed E-state index contributed by atoms with van der Waals surface area (Å²) in [5.41, 5.74) is 8.67. The van der Waals surface area contributed by atoms with Gasteiger partial charge in [0.05, 0.1) is 23.4 Å².